The van der Waals surface area contributed by atoms with E-state index in [0.717, 1.165) is 19.3 Å². The summed E-state index contributed by atoms with van der Waals surface area (Å²) in [6.45, 7) is 0. The van der Waals surface area contributed by atoms with E-state index in [2.05, 4.69) is 10.6 Å². The van der Waals surface area contributed by atoms with Crippen molar-refractivity contribution >= 4 is 52.4 Å². The highest BCUT2D eigenvalue weighted by molar-refractivity contribution is 6.36. The number of rotatable bonds is 5. The molecule has 4 bridgehead atoms. The van der Waals surface area contributed by atoms with Gasteiger partial charge in [-0.1, -0.05) is 23.2 Å². The van der Waals surface area contributed by atoms with Gasteiger partial charge in [0, 0.05) is 10.6 Å². The fourth-order valence-corrected chi connectivity index (χ4v) is 6.85. The Kier molecular flexibility index (Phi) is 6.07. The van der Waals surface area contributed by atoms with Gasteiger partial charge in [0.15, 0.2) is 0 Å². The minimum atomic E-state index is -0.578. The number of carbonyl (C=O) groups is 3. The van der Waals surface area contributed by atoms with E-state index in [9.17, 15) is 14.4 Å². The molecule has 2 aromatic rings. The Bertz CT molecular complexity index is 1140. The fraction of sp³-hybridized carbons (Fsp3) is 0.423. The molecule has 34 heavy (non-hydrogen) atoms. The minimum absolute atomic E-state index is 0.0628. The molecule has 4 aliphatic rings. The number of carbonyl (C=O) groups excluding carboxylic acids is 3. The van der Waals surface area contributed by atoms with Crippen molar-refractivity contribution in [1.29, 1.82) is 0 Å². The standard InChI is InChI=1S/C26H26Cl2N2O4/c1-34-24(32)19-4-2-17(23(31)29-22-10-18(27)3-5-20(22)28)9-21(19)30-25(33)26-11-14-6-15(12-26)8-16(7-14)13-26/h2-5,9-10,14-16H,6-8,11-13H2,1H3,(H,29,31)(H,30,33). The van der Waals surface area contributed by atoms with Gasteiger partial charge in [-0.3, -0.25) is 9.59 Å². The number of anilines is 2. The molecule has 0 radical (unpaired) electrons. The fourth-order valence-electron chi connectivity index (χ4n) is 6.51. The SMILES string of the molecule is COC(=O)c1ccc(C(=O)Nc2cc(Cl)ccc2Cl)cc1NC(=O)C12CC3CC(CC(C3)C1)C2. The van der Waals surface area contributed by atoms with Crippen LogP contribution in [0, 0.1) is 23.2 Å². The van der Waals surface area contributed by atoms with Crippen molar-refractivity contribution < 1.29 is 19.1 Å². The molecule has 6 nitrogen and oxygen atoms in total. The molecular formula is C26H26Cl2N2O4. The zero-order valence-electron chi connectivity index (χ0n) is 18.8. The van der Waals surface area contributed by atoms with Gasteiger partial charge >= 0.3 is 5.97 Å². The van der Waals surface area contributed by atoms with Crippen LogP contribution in [0.1, 0.15) is 59.2 Å². The predicted octanol–water partition coefficient (Wildman–Crippen LogP) is 6.19. The summed E-state index contributed by atoms with van der Waals surface area (Å²) in [5.74, 6) is 0.744. The van der Waals surface area contributed by atoms with Gasteiger partial charge in [-0.05, 0) is 92.7 Å². The summed E-state index contributed by atoms with van der Waals surface area (Å²) in [6, 6.07) is 9.30. The summed E-state index contributed by atoms with van der Waals surface area (Å²) in [4.78, 5) is 38.9. The largest absolute Gasteiger partial charge is 0.465 e. The van der Waals surface area contributed by atoms with Crippen LogP contribution in [0.3, 0.4) is 0 Å². The van der Waals surface area contributed by atoms with Gasteiger partial charge in [-0.2, -0.15) is 0 Å². The highest BCUT2D eigenvalue weighted by Crippen LogP contribution is 2.60. The summed E-state index contributed by atoms with van der Waals surface area (Å²) in [7, 11) is 1.29. The molecule has 4 saturated carbocycles. The molecule has 4 fully saturated rings. The first-order chi connectivity index (χ1) is 16.3. The molecule has 8 heteroatoms. The third-order valence-electron chi connectivity index (χ3n) is 7.63. The molecule has 2 amide bonds. The number of methoxy groups -OCH3 is 1. The van der Waals surface area contributed by atoms with Gasteiger partial charge in [0.1, 0.15) is 0 Å². The van der Waals surface area contributed by atoms with Crippen molar-refractivity contribution in [2.45, 2.75) is 38.5 Å². The lowest BCUT2D eigenvalue weighted by molar-refractivity contribution is -0.140. The maximum absolute atomic E-state index is 13.6. The van der Waals surface area contributed by atoms with E-state index >= 15 is 0 Å². The van der Waals surface area contributed by atoms with E-state index < -0.39 is 17.3 Å². The summed E-state index contributed by atoms with van der Waals surface area (Å²) in [5, 5.41) is 6.51. The molecule has 0 unspecified atom stereocenters. The number of nitrogens with one attached hydrogen (secondary N) is 2. The Labute approximate surface area is 208 Å². The maximum atomic E-state index is 13.6. The lowest BCUT2D eigenvalue weighted by atomic mass is 9.49. The van der Waals surface area contributed by atoms with Crippen LogP contribution >= 0.6 is 23.2 Å². The highest BCUT2D eigenvalue weighted by atomic mass is 35.5. The molecule has 4 aliphatic carbocycles. The van der Waals surface area contributed by atoms with Crippen LogP contribution in [-0.4, -0.2) is 24.9 Å². The van der Waals surface area contributed by atoms with E-state index in [1.807, 2.05) is 0 Å². The monoisotopic (exact) mass is 500 g/mol. The van der Waals surface area contributed by atoms with Gasteiger partial charge in [-0.15, -0.1) is 0 Å². The van der Waals surface area contributed by atoms with E-state index in [0.29, 0.717) is 33.5 Å². The molecule has 178 valence electrons. The lowest BCUT2D eigenvalue weighted by Gasteiger charge is -2.55. The third kappa shape index (κ3) is 4.29. The molecule has 0 aromatic heterocycles. The van der Waals surface area contributed by atoms with E-state index in [1.165, 1.54) is 44.6 Å². The van der Waals surface area contributed by atoms with Crippen molar-refractivity contribution in [3.63, 3.8) is 0 Å². The second kappa shape index (κ2) is 8.90. The van der Waals surface area contributed by atoms with Crippen molar-refractivity contribution in [1.82, 2.24) is 0 Å². The second-order valence-corrected chi connectivity index (χ2v) is 10.8. The highest BCUT2D eigenvalue weighted by Gasteiger charge is 2.54. The smallest absolute Gasteiger partial charge is 0.339 e. The Morgan fingerprint density at radius 1 is 0.882 bits per heavy atom. The number of ether oxygens (including phenoxy) is 1. The van der Waals surface area contributed by atoms with E-state index in [-0.39, 0.29) is 22.7 Å². The van der Waals surface area contributed by atoms with Crippen LogP contribution in [0.4, 0.5) is 11.4 Å². The molecule has 0 aliphatic heterocycles. The first-order valence-electron chi connectivity index (χ1n) is 11.6. The average molecular weight is 501 g/mol. The van der Waals surface area contributed by atoms with Crippen molar-refractivity contribution in [2.75, 3.05) is 17.7 Å². The van der Waals surface area contributed by atoms with Crippen LogP contribution in [-0.2, 0) is 9.53 Å². The van der Waals surface area contributed by atoms with Crippen LogP contribution < -0.4 is 10.6 Å². The summed E-state index contributed by atoms with van der Waals surface area (Å²) in [6.07, 6.45) is 6.36. The topological polar surface area (TPSA) is 84.5 Å². The van der Waals surface area contributed by atoms with Gasteiger partial charge in [0.05, 0.1) is 34.5 Å². The average Bonchev–Trinajstić information content (AvgIpc) is 2.80. The van der Waals surface area contributed by atoms with Gasteiger partial charge < -0.3 is 15.4 Å². The van der Waals surface area contributed by atoms with Crippen molar-refractivity contribution in [3.05, 3.63) is 57.6 Å². The number of amides is 2. The van der Waals surface area contributed by atoms with Crippen LogP contribution in [0.15, 0.2) is 36.4 Å². The molecule has 0 atom stereocenters. The Hall–Kier alpha value is -2.57. The molecule has 6 rings (SSSR count). The molecule has 0 saturated heterocycles. The zero-order chi connectivity index (χ0) is 24.0. The molecular weight excluding hydrogens is 475 g/mol. The summed E-state index contributed by atoms with van der Waals surface area (Å²) < 4.78 is 4.91. The first kappa shape index (κ1) is 23.2. The van der Waals surface area contributed by atoms with Gasteiger partial charge in [0.2, 0.25) is 5.91 Å². The molecule has 0 heterocycles. The number of hydrogen-bond acceptors (Lipinski definition) is 4. The van der Waals surface area contributed by atoms with Gasteiger partial charge in [-0.25, -0.2) is 4.79 Å². The normalized spacial score (nSPS) is 26.7. The second-order valence-electron chi connectivity index (χ2n) is 9.98. The van der Waals surface area contributed by atoms with E-state index in [4.69, 9.17) is 27.9 Å². The Morgan fingerprint density at radius 3 is 2.15 bits per heavy atom. The van der Waals surface area contributed by atoms with Gasteiger partial charge in [0.25, 0.3) is 5.91 Å². The molecule has 0 spiro atoms. The van der Waals surface area contributed by atoms with Crippen LogP contribution in [0.2, 0.25) is 10.0 Å². The van der Waals surface area contributed by atoms with E-state index in [1.54, 1.807) is 18.2 Å². The van der Waals surface area contributed by atoms with Crippen LogP contribution in [0.25, 0.3) is 0 Å². The summed E-state index contributed by atoms with van der Waals surface area (Å²) in [5.41, 5.74) is 0.726. The van der Waals surface area contributed by atoms with Crippen molar-refractivity contribution in [3.8, 4) is 0 Å². The molecule has 2 aromatic carbocycles. The van der Waals surface area contributed by atoms with Crippen molar-refractivity contribution in [2.24, 2.45) is 23.2 Å². The number of halogens is 2. The minimum Gasteiger partial charge on any atom is -0.465 e. The predicted molar refractivity (Wildman–Crippen MR) is 131 cm³/mol. The first-order valence-corrected chi connectivity index (χ1v) is 12.3. The number of benzene rings is 2. The lowest BCUT2D eigenvalue weighted by Crippen LogP contribution is -2.51. The zero-order valence-corrected chi connectivity index (χ0v) is 20.3. The third-order valence-corrected chi connectivity index (χ3v) is 8.20. The number of esters is 1. The maximum Gasteiger partial charge on any atom is 0.339 e. The quantitative estimate of drug-likeness (QED) is 0.479. The number of hydrogen-bond donors (Lipinski definition) is 2. The molecule has 2 N–H and O–H groups in total. The Balaban J connectivity index is 1.42. The van der Waals surface area contributed by atoms with Crippen LogP contribution in [0.5, 0.6) is 0 Å². The Morgan fingerprint density at radius 2 is 1.53 bits per heavy atom. The summed E-state index contributed by atoms with van der Waals surface area (Å²) >= 11 is 12.2.